The van der Waals surface area contributed by atoms with E-state index in [1.807, 2.05) is 41.3 Å². The lowest BCUT2D eigenvalue weighted by molar-refractivity contribution is 0.547. The van der Waals surface area contributed by atoms with Crippen molar-refractivity contribution in [2.75, 3.05) is 6.54 Å². The van der Waals surface area contributed by atoms with E-state index in [0.29, 0.717) is 0 Å². The summed E-state index contributed by atoms with van der Waals surface area (Å²) in [6, 6.07) is 7.88. The van der Waals surface area contributed by atoms with Gasteiger partial charge in [-0.2, -0.15) is 5.10 Å². The van der Waals surface area contributed by atoms with E-state index in [1.165, 1.54) is 0 Å². The number of nitrogens with two attached hydrogens (primary N) is 1. The zero-order valence-corrected chi connectivity index (χ0v) is 11.9. The van der Waals surface area contributed by atoms with E-state index in [-0.39, 0.29) is 0 Å². The van der Waals surface area contributed by atoms with Gasteiger partial charge in [0.25, 0.3) is 0 Å². The van der Waals surface area contributed by atoms with Crippen molar-refractivity contribution < 1.29 is 0 Å². The summed E-state index contributed by atoms with van der Waals surface area (Å²) in [6.07, 6.45) is 8.99. The summed E-state index contributed by atoms with van der Waals surface area (Å²) < 4.78 is 1.96. The lowest BCUT2D eigenvalue weighted by Crippen LogP contribution is -2.01. The highest BCUT2D eigenvalue weighted by Crippen LogP contribution is 2.18. The normalized spacial score (nSPS) is 11.1. The summed E-state index contributed by atoms with van der Waals surface area (Å²) >= 11 is 0. The smallest absolute Gasteiger partial charge is 0.0924 e. The standard InChI is InChI=1S/C16H19N5/c17-8-4-1-5-9-21-12-13(10-19-21)16-11-18-14-6-2-3-7-15(14)20-16/h2-3,6-7,10-12H,1,4-5,8-9,17H2. The van der Waals surface area contributed by atoms with Gasteiger partial charge in [-0.3, -0.25) is 9.67 Å². The molecule has 2 heterocycles. The zero-order chi connectivity index (χ0) is 14.5. The first-order valence-electron chi connectivity index (χ1n) is 7.31. The van der Waals surface area contributed by atoms with Crippen molar-refractivity contribution in [3.8, 4) is 11.3 Å². The van der Waals surface area contributed by atoms with Crippen LogP contribution >= 0.6 is 0 Å². The fourth-order valence-corrected chi connectivity index (χ4v) is 2.31. The van der Waals surface area contributed by atoms with Gasteiger partial charge in [-0.15, -0.1) is 0 Å². The van der Waals surface area contributed by atoms with Gasteiger partial charge in [-0.25, -0.2) is 4.98 Å². The number of hydrogen-bond donors (Lipinski definition) is 1. The third-order valence-electron chi connectivity index (χ3n) is 3.47. The van der Waals surface area contributed by atoms with Crippen LogP contribution in [-0.4, -0.2) is 26.3 Å². The summed E-state index contributed by atoms with van der Waals surface area (Å²) in [7, 11) is 0. The molecule has 0 aliphatic heterocycles. The molecule has 21 heavy (non-hydrogen) atoms. The molecular weight excluding hydrogens is 262 g/mol. The minimum absolute atomic E-state index is 0.761. The van der Waals surface area contributed by atoms with E-state index >= 15 is 0 Å². The fourth-order valence-electron chi connectivity index (χ4n) is 2.31. The lowest BCUT2D eigenvalue weighted by atomic mass is 10.2. The molecule has 1 aromatic carbocycles. The predicted octanol–water partition coefficient (Wildman–Crippen LogP) is 2.62. The van der Waals surface area contributed by atoms with Crippen molar-refractivity contribution >= 4 is 11.0 Å². The molecule has 0 fully saturated rings. The first-order chi connectivity index (χ1) is 10.4. The van der Waals surface area contributed by atoms with Crippen LogP contribution < -0.4 is 5.73 Å². The maximum Gasteiger partial charge on any atom is 0.0924 e. The fraction of sp³-hybridized carbons (Fsp3) is 0.312. The molecule has 0 saturated heterocycles. The number of fused-ring (bicyclic) bond motifs is 1. The highest BCUT2D eigenvalue weighted by atomic mass is 15.3. The highest BCUT2D eigenvalue weighted by molar-refractivity contribution is 5.76. The molecule has 0 aliphatic carbocycles. The maximum atomic E-state index is 5.50. The van der Waals surface area contributed by atoms with Crippen LogP contribution in [-0.2, 0) is 6.54 Å². The number of hydrogen-bond acceptors (Lipinski definition) is 4. The van der Waals surface area contributed by atoms with Crippen molar-refractivity contribution in [3.05, 3.63) is 42.9 Å². The van der Waals surface area contributed by atoms with Gasteiger partial charge in [-0.1, -0.05) is 18.6 Å². The molecule has 2 aromatic heterocycles. The maximum absolute atomic E-state index is 5.50. The largest absolute Gasteiger partial charge is 0.330 e. The second-order valence-corrected chi connectivity index (χ2v) is 5.09. The van der Waals surface area contributed by atoms with Gasteiger partial charge in [0.2, 0.25) is 0 Å². The monoisotopic (exact) mass is 281 g/mol. The molecule has 0 spiro atoms. The van der Waals surface area contributed by atoms with Crippen molar-refractivity contribution in [2.24, 2.45) is 5.73 Å². The molecule has 0 amide bonds. The summed E-state index contributed by atoms with van der Waals surface area (Å²) in [5.74, 6) is 0. The number of benzene rings is 1. The number of nitrogens with zero attached hydrogens (tertiary/aromatic N) is 4. The van der Waals surface area contributed by atoms with Crippen LogP contribution in [0.3, 0.4) is 0 Å². The van der Waals surface area contributed by atoms with Crippen molar-refractivity contribution in [1.82, 2.24) is 19.7 Å². The third kappa shape index (κ3) is 3.25. The molecule has 0 saturated carbocycles. The SMILES string of the molecule is NCCCCCn1cc(-c2cnc3ccccc3n2)cn1. The Morgan fingerprint density at radius 2 is 1.86 bits per heavy atom. The van der Waals surface area contributed by atoms with Crippen molar-refractivity contribution in [2.45, 2.75) is 25.8 Å². The second-order valence-electron chi connectivity index (χ2n) is 5.09. The first kappa shape index (κ1) is 13.7. The summed E-state index contributed by atoms with van der Waals surface area (Å²) in [5, 5.41) is 4.39. The van der Waals surface area contributed by atoms with E-state index < -0.39 is 0 Å². The molecule has 3 rings (SSSR count). The van der Waals surface area contributed by atoms with E-state index in [4.69, 9.17) is 5.73 Å². The summed E-state index contributed by atoms with van der Waals surface area (Å²) in [6.45, 7) is 1.68. The van der Waals surface area contributed by atoms with Crippen LogP contribution in [0.5, 0.6) is 0 Å². The molecule has 5 heteroatoms. The molecule has 2 N–H and O–H groups in total. The molecule has 0 bridgehead atoms. The average Bonchev–Trinajstić information content (AvgIpc) is 3.00. The van der Waals surface area contributed by atoms with Gasteiger partial charge in [0.05, 0.1) is 29.1 Å². The number of aromatic nitrogens is 4. The molecule has 5 nitrogen and oxygen atoms in total. The average molecular weight is 281 g/mol. The van der Waals surface area contributed by atoms with E-state index in [0.717, 1.165) is 54.6 Å². The van der Waals surface area contributed by atoms with Gasteiger partial charge < -0.3 is 5.73 Å². The minimum Gasteiger partial charge on any atom is -0.330 e. The van der Waals surface area contributed by atoms with Crippen molar-refractivity contribution in [1.29, 1.82) is 0 Å². The molecule has 3 aromatic rings. The lowest BCUT2D eigenvalue weighted by Gasteiger charge is -2.01. The van der Waals surface area contributed by atoms with Crippen LogP contribution in [0.15, 0.2) is 42.9 Å². The zero-order valence-electron chi connectivity index (χ0n) is 11.9. The Bertz CT molecular complexity index is 719. The Kier molecular flexibility index (Phi) is 4.21. The molecule has 0 atom stereocenters. The highest BCUT2D eigenvalue weighted by Gasteiger charge is 2.05. The number of aryl methyl sites for hydroxylation is 1. The van der Waals surface area contributed by atoms with E-state index in [2.05, 4.69) is 15.1 Å². The van der Waals surface area contributed by atoms with Crippen molar-refractivity contribution in [3.63, 3.8) is 0 Å². The summed E-state index contributed by atoms with van der Waals surface area (Å²) in [4.78, 5) is 9.08. The van der Waals surface area contributed by atoms with Crippen LogP contribution in [0, 0.1) is 0 Å². The van der Waals surface area contributed by atoms with E-state index in [1.54, 1.807) is 6.20 Å². The van der Waals surface area contributed by atoms with Crippen LogP contribution in [0.25, 0.3) is 22.3 Å². The Hall–Kier alpha value is -2.27. The van der Waals surface area contributed by atoms with E-state index in [9.17, 15) is 0 Å². The Morgan fingerprint density at radius 3 is 2.71 bits per heavy atom. The molecule has 0 radical (unpaired) electrons. The third-order valence-corrected chi connectivity index (χ3v) is 3.47. The topological polar surface area (TPSA) is 69.6 Å². The van der Waals surface area contributed by atoms with Gasteiger partial charge in [0.1, 0.15) is 0 Å². The van der Waals surface area contributed by atoms with Crippen LogP contribution in [0.2, 0.25) is 0 Å². The van der Waals surface area contributed by atoms with Crippen LogP contribution in [0.4, 0.5) is 0 Å². The number of unbranched alkanes of at least 4 members (excludes halogenated alkanes) is 2. The Labute approximate surface area is 123 Å². The molecule has 108 valence electrons. The molecular formula is C16H19N5. The minimum atomic E-state index is 0.761. The van der Waals surface area contributed by atoms with Gasteiger partial charge in [-0.05, 0) is 31.5 Å². The van der Waals surface area contributed by atoms with Crippen LogP contribution in [0.1, 0.15) is 19.3 Å². The Morgan fingerprint density at radius 1 is 1.00 bits per heavy atom. The van der Waals surface area contributed by atoms with Gasteiger partial charge >= 0.3 is 0 Å². The second kappa shape index (κ2) is 6.45. The number of rotatable bonds is 6. The predicted molar refractivity (Wildman–Crippen MR) is 83.7 cm³/mol. The van der Waals surface area contributed by atoms with Gasteiger partial charge in [0, 0.05) is 18.3 Å². The molecule has 0 unspecified atom stereocenters. The quantitative estimate of drug-likeness (QED) is 0.705. The van der Waals surface area contributed by atoms with Gasteiger partial charge in [0.15, 0.2) is 0 Å². The first-order valence-corrected chi connectivity index (χ1v) is 7.31. The Balaban J connectivity index is 1.75. The molecule has 0 aliphatic rings. The number of para-hydroxylation sites is 2. The summed E-state index contributed by atoms with van der Waals surface area (Å²) in [5.41, 5.74) is 9.19.